The Morgan fingerprint density at radius 1 is 1.00 bits per heavy atom. The highest BCUT2D eigenvalue weighted by atomic mass is 16.5. The molecule has 2 aliphatic rings. The molecule has 2 unspecified atom stereocenters. The Labute approximate surface area is 175 Å². The van der Waals surface area contributed by atoms with E-state index in [1.165, 1.54) is 0 Å². The third kappa shape index (κ3) is 3.69. The van der Waals surface area contributed by atoms with Gasteiger partial charge in [0.15, 0.2) is 0 Å². The molecule has 0 aliphatic carbocycles. The molecular weight excluding hydrogens is 378 g/mol. The van der Waals surface area contributed by atoms with Crippen molar-refractivity contribution >= 4 is 16.8 Å². The van der Waals surface area contributed by atoms with Crippen LogP contribution in [-0.4, -0.2) is 70.9 Å². The van der Waals surface area contributed by atoms with E-state index in [0.717, 1.165) is 35.2 Å². The maximum Gasteiger partial charge on any atom is 0.253 e. The molecule has 2 fully saturated rings. The van der Waals surface area contributed by atoms with Crippen LogP contribution in [-0.2, 0) is 4.74 Å². The minimum atomic E-state index is -0.565. The van der Waals surface area contributed by atoms with Crippen LogP contribution in [0.5, 0.6) is 0 Å². The predicted octanol–water partition coefficient (Wildman–Crippen LogP) is 2.77. The molecule has 1 N–H and O–H groups in total. The number of para-hydroxylation sites is 1. The highest BCUT2D eigenvalue weighted by Gasteiger charge is 2.33. The number of hydrogen-bond donors (Lipinski definition) is 1. The zero-order valence-corrected chi connectivity index (χ0v) is 16.8. The number of nitrogens with zero attached hydrogens (tertiary/aromatic N) is 3. The molecule has 2 saturated heterocycles. The van der Waals surface area contributed by atoms with Crippen molar-refractivity contribution < 1.29 is 14.6 Å². The zero-order valence-electron chi connectivity index (χ0n) is 16.8. The molecule has 2 aromatic carbocycles. The Balaban J connectivity index is 1.24. The van der Waals surface area contributed by atoms with Crippen LogP contribution in [0.3, 0.4) is 0 Å². The lowest BCUT2D eigenvalue weighted by Gasteiger charge is -2.42. The Morgan fingerprint density at radius 3 is 2.43 bits per heavy atom. The van der Waals surface area contributed by atoms with E-state index in [9.17, 15) is 9.90 Å². The third-order valence-corrected chi connectivity index (χ3v) is 6.07. The summed E-state index contributed by atoms with van der Waals surface area (Å²) < 4.78 is 5.38. The lowest BCUT2D eigenvalue weighted by atomic mass is 10.1. The van der Waals surface area contributed by atoms with Gasteiger partial charge in [-0.3, -0.25) is 9.69 Å². The number of fused-ring (bicyclic) bond motifs is 1. The number of pyridine rings is 1. The summed E-state index contributed by atoms with van der Waals surface area (Å²) in [5, 5.41) is 11.4. The van der Waals surface area contributed by atoms with Gasteiger partial charge in [0.25, 0.3) is 5.91 Å². The molecule has 6 heteroatoms. The van der Waals surface area contributed by atoms with Gasteiger partial charge in [-0.1, -0.05) is 36.4 Å². The molecule has 3 heterocycles. The van der Waals surface area contributed by atoms with E-state index in [-0.39, 0.29) is 12.0 Å². The molecule has 1 aromatic heterocycles. The van der Waals surface area contributed by atoms with E-state index in [4.69, 9.17) is 9.72 Å². The van der Waals surface area contributed by atoms with Gasteiger partial charge >= 0.3 is 0 Å². The van der Waals surface area contributed by atoms with Gasteiger partial charge in [0.2, 0.25) is 0 Å². The molecular formula is C24H25N3O3. The number of carbonyl (C=O) groups is 1. The second-order valence-corrected chi connectivity index (χ2v) is 7.91. The molecule has 154 valence electrons. The molecule has 0 bridgehead atoms. The van der Waals surface area contributed by atoms with Crippen LogP contribution in [0.1, 0.15) is 16.8 Å². The molecule has 0 radical (unpaired) electrons. The van der Waals surface area contributed by atoms with Crippen molar-refractivity contribution in [3.8, 4) is 11.3 Å². The number of aliphatic hydroxyl groups is 1. The normalized spacial score (nSPS) is 20.7. The van der Waals surface area contributed by atoms with Gasteiger partial charge in [-0.15, -0.1) is 0 Å². The predicted molar refractivity (Wildman–Crippen MR) is 115 cm³/mol. The van der Waals surface area contributed by atoms with Crippen molar-refractivity contribution in [2.75, 3.05) is 32.8 Å². The quantitative estimate of drug-likeness (QED) is 0.726. The number of amides is 1. The molecule has 6 nitrogen and oxygen atoms in total. The van der Waals surface area contributed by atoms with Gasteiger partial charge in [0, 0.05) is 55.7 Å². The first-order valence-corrected chi connectivity index (χ1v) is 10.5. The van der Waals surface area contributed by atoms with Crippen LogP contribution in [0, 0.1) is 0 Å². The first-order chi connectivity index (χ1) is 14.7. The van der Waals surface area contributed by atoms with Crippen molar-refractivity contribution in [3.05, 3.63) is 66.2 Å². The fourth-order valence-corrected chi connectivity index (χ4v) is 4.11. The van der Waals surface area contributed by atoms with Gasteiger partial charge < -0.3 is 14.7 Å². The summed E-state index contributed by atoms with van der Waals surface area (Å²) in [5.74, 6) is 0.0297. The molecule has 5 rings (SSSR count). The van der Waals surface area contributed by atoms with Crippen molar-refractivity contribution in [2.45, 2.75) is 18.8 Å². The summed E-state index contributed by atoms with van der Waals surface area (Å²) in [6.07, 6.45) is 0.256. The minimum absolute atomic E-state index is 0.0297. The number of hydrogen-bond acceptors (Lipinski definition) is 5. The first kappa shape index (κ1) is 19.2. The van der Waals surface area contributed by atoms with Crippen molar-refractivity contribution in [3.63, 3.8) is 0 Å². The van der Waals surface area contributed by atoms with Gasteiger partial charge in [-0.2, -0.15) is 0 Å². The van der Waals surface area contributed by atoms with Gasteiger partial charge in [0.05, 0.1) is 17.3 Å². The van der Waals surface area contributed by atoms with Crippen LogP contribution in [0.4, 0.5) is 0 Å². The number of aliphatic hydroxyl groups excluding tert-OH is 1. The number of piperazine rings is 1. The molecule has 0 spiro atoms. The smallest absolute Gasteiger partial charge is 0.253 e. The summed E-state index contributed by atoms with van der Waals surface area (Å²) in [6, 6.07) is 19.8. The fourth-order valence-electron chi connectivity index (χ4n) is 4.11. The molecule has 0 saturated carbocycles. The van der Waals surface area contributed by atoms with Crippen LogP contribution >= 0.6 is 0 Å². The molecule has 3 aromatic rings. The van der Waals surface area contributed by atoms with Crippen molar-refractivity contribution in [2.24, 2.45) is 0 Å². The van der Waals surface area contributed by atoms with E-state index < -0.39 is 6.23 Å². The van der Waals surface area contributed by atoms with Crippen molar-refractivity contribution in [1.29, 1.82) is 0 Å². The highest BCUT2D eigenvalue weighted by Crippen LogP contribution is 2.23. The fraction of sp³-hybridized carbons (Fsp3) is 0.333. The van der Waals surface area contributed by atoms with Crippen LogP contribution in [0.25, 0.3) is 22.2 Å². The SMILES string of the molecule is O=C(c1ccc(-c2ccc3ccccc3n2)cc1)N1CCN(C(O)C2CCO2)CC1. The Morgan fingerprint density at radius 2 is 1.73 bits per heavy atom. The zero-order chi connectivity index (χ0) is 20.5. The number of benzene rings is 2. The molecule has 2 atom stereocenters. The van der Waals surface area contributed by atoms with Crippen LogP contribution in [0.15, 0.2) is 60.7 Å². The second-order valence-electron chi connectivity index (χ2n) is 7.91. The monoisotopic (exact) mass is 403 g/mol. The average Bonchev–Trinajstić information content (AvgIpc) is 2.77. The van der Waals surface area contributed by atoms with E-state index in [0.29, 0.717) is 31.7 Å². The van der Waals surface area contributed by atoms with Crippen molar-refractivity contribution in [1.82, 2.24) is 14.8 Å². The maximum absolute atomic E-state index is 12.9. The van der Waals surface area contributed by atoms with Gasteiger partial charge in [0.1, 0.15) is 6.23 Å². The number of aromatic nitrogens is 1. The summed E-state index contributed by atoms with van der Waals surface area (Å²) in [5.41, 5.74) is 3.53. The number of rotatable bonds is 4. The summed E-state index contributed by atoms with van der Waals surface area (Å²) >= 11 is 0. The van der Waals surface area contributed by atoms with Crippen LogP contribution < -0.4 is 0 Å². The standard InChI is InChI=1S/C24H25N3O3/c28-23(26-12-14-27(15-13-26)24(29)22-11-16-30-22)19-7-5-18(6-8-19)21-10-9-17-3-1-2-4-20(17)25-21/h1-10,22,24,29H,11-16H2. The third-order valence-electron chi connectivity index (χ3n) is 6.07. The van der Waals surface area contributed by atoms with Crippen LogP contribution in [0.2, 0.25) is 0 Å². The summed E-state index contributed by atoms with van der Waals surface area (Å²) in [6.45, 7) is 3.26. The maximum atomic E-state index is 12.9. The van der Waals surface area contributed by atoms with Gasteiger partial charge in [-0.05, 0) is 24.3 Å². The first-order valence-electron chi connectivity index (χ1n) is 10.5. The lowest BCUT2D eigenvalue weighted by molar-refractivity contribution is -0.172. The van der Waals surface area contributed by atoms with E-state index >= 15 is 0 Å². The average molecular weight is 403 g/mol. The number of ether oxygens (including phenoxy) is 1. The minimum Gasteiger partial charge on any atom is -0.376 e. The molecule has 2 aliphatic heterocycles. The summed E-state index contributed by atoms with van der Waals surface area (Å²) in [7, 11) is 0. The Kier molecular flexibility index (Phi) is 5.21. The topological polar surface area (TPSA) is 65.9 Å². The molecule has 1 amide bonds. The lowest BCUT2D eigenvalue weighted by Crippen LogP contribution is -2.57. The Hall–Kier alpha value is -2.80. The summed E-state index contributed by atoms with van der Waals surface area (Å²) in [4.78, 5) is 21.5. The van der Waals surface area contributed by atoms with Gasteiger partial charge in [-0.25, -0.2) is 4.98 Å². The highest BCUT2D eigenvalue weighted by molar-refractivity contribution is 5.94. The van der Waals surface area contributed by atoms with E-state index in [1.54, 1.807) is 0 Å². The number of carbonyl (C=O) groups excluding carboxylic acids is 1. The Bertz CT molecular complexity index is 1040. The van der Waals surface area contributed by atoms with E-state index in [2.05, 4.69) is 6.07 Å². The second kappa shape index (κ2) is 8.14. The van der Waals surface area contributed by atoms with E-state index in [1.807, 2.05) is 64.4 Å². The molecule has 30 heavy (non-hydrogen) atoms. The largest absolute Gasteiger partial charge is 0.376 e.